The first-order valence-corrected chi connectivity index (χ1v) is 10.8. The van der Waals surface area contributed by atoms with Crippen LogP contribution in [-0.2, 0) is 16.1 Å². The molecule has 1 aliphatic heterocycles. The molecule has 3 heterocycles. The zero-order valence-electron chi connectivity index (χ0n) is 16.4. The van der Waals surface area contributed by atoms with Gasteiger partial charge in [-0.2, -0.15) is 5.10 Å². The van der Waals surface area contributed by atoms with E-state index in [2.05, 4.69) is 5.10 Å². The van der Waals surface area contributed by atoms with Crippen molar-refractivity contribution in [1.29, 1.82) is 0 Å². The molecular formula is C21H22ClN3O3S. The number of rotatable bonds is 5. The van der Waals surface area contributed by atoms with Gasteiger partial charge in [0, 0.05) is 23.5 Å². The van der Waals surface area contributed by atoms with Gasteiger partial charge in [0.1, 0.15) is 9.71 Å². The van der Waals surface area contributed by atoms with Gasteiger partial charge in [-0.15, -0.1) is 11.3 Å². The Morgan fingerprint density at radius 3 is 2.62 bits per heavy atom. The zero-order chi connectivity index (χ0) is 20.5. The fraction of sp³-hybridized carbons (Fsp3) is 0.381. The Labute approximate surface area is 178 Å². The largest absolute Gasteiger partial charge is 0.448 e. The van der Waals surface area contributed by atoms with Crippen molar-refractivity contribution < 1.29 is 14.3 Å². The minimum atomic E-state index is -0.780. The van der Waals surface area contributed by atoms with Gasteiger partial charge in [-0.25, -0.2) is 4.79 Å². The molecule has 1 aliphatic rings. The normalized spacial score (nSPS) is 15.1. The summed E-state index contributed by atoms with van der Waals surface area (Å²) in [6.07, 6.45) is 1.23. The van der Waals surface area contributed by atoms with Gasteiger partial charge >= 0.3 is 5.97 Å². The van der Waals surface area contributed by atoms with Gasteiger partial charge < -0.3 is 9.64 Å². The SMILES string of the molecule is Cc1nn(Cc2ccc(Cl)cc2)c2sc(C(=O)OC(C)C(=O)N3CCCC3)cc12. The van der Waals surface area contributed by atoms with E-state index in [1.165, 1.54) is 11.3 Å². The van der Waals surface area contributed by atoms with Crippen LogP contribution in [0.2, 0.25) is 5.02 Å². The van der Waals surface area contributed by atoms with Crippen LogP contribution in [0.25, 0.3) is 10.2 Å². The third-order valence-corrected chi connectivity index (χ3v) is 6.48. The molecule has 152 valence electrons. The number of hydrogen-bond donors (Lipinski definition) is 0. The van der Waals surface area contributed by atoms with Crippen LogP contribution in [-0.4, -0.2) is 45.8 Å². The summed E-state index contributed by atoms with van der Waals surface area (Å²) in [4.78, 5) is 28.2. The second-order valence-corrected chi connectivity index (χ2v) is 8.75. The van der Waals surface area contributed by atoms with Crippen molar-refractivity contribution in [1.82, 2.24) is 14.7 Å². The molecule has 0 radical (unpaired) electrons. The molecule has 0 saturated carbocycles. The lowest BCUT2D eigenvalue weighted by Crippen LogP contribution is -2.38. The second-order valence-electron chi connectivity index (χ2n) is 7.28. The molecule has 0 bridgehead atoms. The van der Waals surface area contributed by atoms with E-state index in [1.807, 2.05) is 35.9 Å². The highest BCUT2D eigenvalue weighted by Gasteiger charge is 2.27. The number of thiophene rings is 1. The number of carbonyl (C=O) groups is 2. The number of carbonyl (C=O) groups excluding carboxylic acids is 2. The molecular weight excluding hydrogens is 410 g/mol. The number of benzene rings is 1. The molecule has 1 aromatic carbocycles. The molecule has 1 atom stereocenters. The van der Waals surface area contributed by atoms with Crippen LogP contribution in [0.4, 0.5) is 0 Å². The summed E-state index contributed by atoms with van der Waals surface area (Å²) in [7, 11) is 0. The summed E-state index contributed by atoms with van der Waals surface area (Å²) in [6, 6.07) is 9.41. The molecule has 4 rings (SSSR count). The van der Waals surface area contributed by atoms with E-state index in [9.17, 15) is 9.59 Å². The minimum absolute atomic E-state index is 0.123. The lowest BCUT2D eigenvalue weighted by molar-refractivity contribution is -0.138. The van der Waals surface area contributed by atoms with Crippen molar-refractivity contribution in [2.45, 2.75) is 39.3 Å². The van der Waals surface area contributed by atoms with Gasteiger partial charge in [-0.3, -0.25) is 9.48 Å². The Hall–Kier alpha value is -2.38. The molecule has 0 N–H and O–H groups in total. The number of halogens is 1. The van der Waals surface area contributed by atoms with E-state index >= 15 is 0 Å². The molecule has 29 heavy (non-hydrogen) atoms. The van der Waals surface area contributed by atoms with Gasteiger partial charge in [0.05, 0.1) is 12.2 Å². The molecule has 2 aromatic heterocycles. The van der Waals surface area contributed by atoms with Crippen molar-refractivity contribution in [2.24, 2.45) is 0 Å². The van der Waals surface area contributed by atoms with Crippen LogP contribution in [0.3, 0.4) is 0 Å². The molecule has 1 fully saturated rings. The van der Waals surface area contributed by atoms with Crippen LogP contribution >= 0.6 is 22.9 Å². The molecule has 8 heteroatoms. The fourth-order valence-electron chi connectivity index (χ4n) is 3.55. The number of aryl methyl sites for hydroxylation is 1. The zero-order valence-corrected chi connectivity index (χ0v) is 17.9. The first kappa shape index (κ1) is 19.9. The standard InChI is InChI=1S/C21H22ClN3O3S/c1-13-17-11-18(21(27)28-14(2)19(26)24-9-3-4-10-24)29-20(17)25(23-13)12-15-5-7-16(22)8-6-15/h5-8,11,14H,3-4,9-10,12H2,1-2H3. The maximum Gasteiger partial charge on any atom is 0.349 e. The average molecular weight is 432 g/mol. The Kier molecular flexibility index (Phi) is 5.61. The lowest BCUT2D eigenvalue weighted by Gasteiger charge is -2.20. The Morgan fingerprint density at radius 1 is 1.24 bits per heavy atom. The number of likely N-dealkylation sites (tertiary alicyclic amines) is 1. The predicted molar refractivity (Wildman–Crippen MR) is 114 cm³/mol. The molecule has 0 spiro atoms. The third kappa shape index (κ3) is 4.16. The van der Waals surface area contributed by atoms with Crippen molar-refractivity contribution >= 4 is 45.0 Å². The van der Waals surface area contributed by atoms with Gasteiger partial charge in [0.15, 0.2) is 6.10 Å². The number of aromatic nitrogens is 2. The smallest absolute Gasteiger partial charge is 0.349 e. The number of nitrogens with zero attached hydrogens (tertiary/aromatic N) is 3. The van der Waals surface area contributed by atoms with Crippen molar-refractivity contribution in [3.63, 3.8) is 0 Å². The highest BCUT2D eigenvalue weighted by Crippen LogP contribution is 2.30. The molecule has 6 nitrogen and oxygen atoms in total. The molecule has 1 unspecified atom stereocenters. The fourth-order valence-corrected chi connectivity index (χ4v) is 4.72. The summed E-state index contributed by atoms with van der Waals surface area (Å²) >= 11 is 7.29. The van der Waals surface area contributed by atoms with Crippen molar-refractivity contribution in [3.8, 4) is 0 Å². The highest BCUT2D eigenvalue weighted by molar-refractivity contribution is 7.20. The maximum atomic E-state index is 12.6. The van der Waals surface area contributed by atoms with Crippen LogP contribution in [0, 0.1) is 6.92 Å². The summed E-state index contributed by atoms with van der Waals surface area (Å²) in [5.41, 5.74) is 1.92. The highest BCUT2D eigenvalue weighted by atomic mass is 35.5. The predicted octanol–water partition coefficient (Wildman–Crippen LogP) is 4.28. The number of fused-ring (bicyclic) bond motifs is 1. The molecule has 1 amide bonds. The topological polar surface area (TPSA) is 64.4 Å². The number of esters is 1. The Bertz CT molecular complexity index is 1050. The van der Waals surface area contributed by atoms with E-state index in [0.717, 1.165) is 47.4 Å². The third-order valence-electron chi connectivity index (χ3n) is 5.10. The monoisotopic (exact) mass is 431 g/mol. The summed E-state index contributed by atoms with van der Waals surface area (Å²) in [5, 5.41) is 6.21. The van der Waals surface area contributed by atoms with E-state index in [1.54, 1.807) is 17.9 Å². The van der Waals surface area contributed by atoms with Gasteiger partial charge in [-0.1, -0.05) is 23.7 Å². The molecule has 0 aliphatic carbocycles. The van der Waals surface area contributed by atoms with Crippen molar-refractivity contribution in [2.75, 3.05) is 13.1 Å². The van der Waals surface area contributed by atoms with Crippen LogP contribution < -0.4 is 0 Å². The molecule has 3 aromatic rings. The lowest BCUT2D eigenvalue weighted by atomic mass is 10.2. The maximum absolute atomic E-state index is 12.6. The number of amides is 1. The average Bonchev–Trinajstić information content (AvgIpc) is 3.42. The van der Waals surface area contributed by atoms with Crippen LogP contribution in [0.5, 0.6) is 0 Å². The summed E-state index contributed by atoms with van der Waals surface area (Å²) in [6.45, 7) is 5.62. The first-order chi connectivity index (χ1) is 13.9. The van der Waals surface area contributed by atoms with E-state index in [-0.39, 0.29) is 5.91 Å². The van der Waals surface area contributed by atoms with E-state index in [0.29, 0.717) is 16.4 Å². The number of ether oxygens (including phenoxy) is 1. The first-order valence-electron chi connectivity index (χ1n) is 9.63. The summed E-state index contributed by atoms with van der Waals surface area (Å²) < 4.78 is 7.34. The van der Waals surface area contributed by atoms with E-state index in [4.69, 9.17) is 16.3 Å². The van der Waals surface area contributed by atoms with Crippen LogP contribution in [0.15, 0.2) is 30.3 Å². The van der Waals surface area contributed by atoms with Crippen LogP contribution in [0.1, 0.15) is 40.7 Å². The van der Waals surface area contributed by atoms with Gasteiger partial charge in [-0.05, 0) is 50.5 Å². The number of hydrogen-bond acceptors (Lipinski definition) is 5. The van der Waals surface area contributed by atoms with Crippen molar-refractivity contribution in [3.05, 3.63) is 51.5 Å². The minimum Gasteiger partial charge on any atom is -0.448 e. The van der Waals surface area contributed by atoms with Gasteiger partial charge in [0.25, 0.3) is 5.91 Å². The van der Waals surface area contributed by atoms with E-state index < -0.39 is 12.1 Å². The quantitative estimate of drug-likeness (QED) is 0.566. The summed E-state index contributed by atoms with van der Waals surface area (Å²) in [5.74, 6) is -0.592. The molecule has 1 saturated heterocycles. The van der Waals surface area contributed by atoms with Gasteiger partial charge in [0.2, 0.25) is 0 Å². The second kappa shape index (κ2) is 8.16. The Balaban J connectivity index is 1.51. The Morgan fingerprint density at radius 2 is 1.93 bits per heavy atom.